The van der Waals surface area contributed by atoms with E-state index in [2.05, 4.69) is 34.7 Å². The lowest BCUT2D eigenvalue weighted by molar-refractivity contribution is 0.0685. The van der Waals surface area contributed by atoms with Gasteiger partial charge in [0.2, 0.25) is 0 Å². The molecule has 1 aromatic heterocycles. The van der Waals surface area contributed by atoms with Crippen molar-refractivity contribution in [2.45, 2.75) is 26.4 Å². The highest BCUT2D eigenvalue weighted by Crippen LogP contribution is 2.14. The Morgan fingerprint density at radius 1 is 1.42 bits per heavy atom. The summed E-state index contributed by atoms with van der Waals surface area (Å²) in [6, 6.07) is 9.83. The van der Waals surface area contributed by atoms with Crippen molar-refractivity contribution in [1.82, 2.24) is 10.5 Å². The highest BCUT2D eigenvalue weighted by Gasteiger charge is 2.11. The summed E-state index contributed by atoms with van der Waals surface area (Å²) < 4.78 is 4.94. The zero-order valence-electron chi connectivity index (χ0n) is 10.9. The van der Waals surface area contributed by atoms with Gasteiger partial charge in [0.25, 0.3) is 0 Å². The molecule has 2 N–H and O–H groups in total. The average Bonchev–Trinajstić information content (AvgIpc) is 2.86. The van der Waals surface area contributed by atoms with E-state index in [4.69, 9.17) is 9.63 Å². The summed E-state index contributed by atoms with van der Waals surface area (Å²) in [5.74, 6) is -0.571. The Morgan fingerprint density at radius 2 is 2.11 bits per heavy atom. The number of nitrogens with zero attached hydrogens (tertiary/aromatic N) is 1. The van der Waals surface area contributed by atoms with Crippen molar-refractivity contribution in [3.05, 3.63) is 52.9 Å². The molecule has 5 heteroatoms. The molecule has 1 atom stereocenters. The number of aromatic nitrogens is 1. The van der Waals surface area contributed by atoms with Gasteiger partial charge in [0, 0.05) is 12.1 Å². The van der Waals surface area contributed by atoms with Gasteiger partial charge in [-0.05, 0) is 19.4 Å². The van der Waals surface area contributed by atoms with Crippen molar-refractivity contribution >= 4 is 5.97 Å². The first-order chi connectivity index (χ1) is 9.06. The van der Waals surface area contributed by atoms with Crippen molar-refractivity contribution in [2.75, 3.05) is 0 Å². The minimum absolute atomic E-state index is 0.0696. The molecule has 0 aliphatic heterocycles. The first kappa shape index (κ1) is 13.3. The molecule has 0 radical (unpaired) electrons. The van der Waals surface area contributed by atoms with Gasteiger partial charge in [-0.3, -0.25) is 0 Å². The molecule has 0 spiro atoms. The number of carboxylic acids is 1. The third kappa shape index (κ3) is 3.42. The first-order valence-corrected chi connectivity index (χ1v) is 6.05. The van der Waals surface area contributed by atoms with Gasteiger partial charge < -0.3 is 14.9 Å². The minimum atomic E-state index is -1.08. The molecule has 0 saturated heterocycles. The van der Waals surface area contributed by atoms with E-state index in [1.807, 2.05) is 13.8 Å². The molecule has 100 valence electrons. The molecule has 19 heavy (non-hydrogen) atoms. The fourth-order valence-corrected chi connectivity index (χ4v) is 1.72. The Hall–Kier alpha value is -2.14. The third-order valence-electron chi connectivity index (χ3n) is 2.94. The molecule has 0 amide bonds. The molecule has 2 aromatic rings. The molecule has 2 rings (SSSR count). The predicted octanol–water partition coefficient (Wildman–Crippen LogP) is 2.53. The summed E-state index contributed by atoms with van der Waals surface area (Å²) in [6.45, 7) is 4.53. The van der Waals surface area contributed by atoms with E-state index in [0.717, 1.165) is 0 Å². The van der Waals surface area contributed by atoms with Crippen LogP contribution >= 0.6 is 0 Å². The molecule has 0 aliphatic carbocycles. The second-order valence-electron chi connectivity index (χ2n) is 4.50. The fraction of sp³-hybridized carbons (Fsp3) is 0.286. The molecular weight excluding hydrogens is 244 g/mol. The van der Waals surface area contributed by atoms with Gasteiger partial charge in [-0.15, -0.1) is 0 Å². The summed E-state index contributed by atoms with van der Waals surface area (Å²) in [6.07, 6.45) is 0. The smallest absolute Gasteiger partial charge is 0.358 e. The number of hydrogen-bond acceptors (Lipinski definition) is 4. The maximum atomic E-state index is 10.7. The van der Waals surface area contributed by atoms with Crippen LogP contribution in [-0.2, 0) is 6.54 Å². The molecular formula is C14H16N2O3. The number of rotatable bonds is 5. The van der Waals surface area contributed by atoms with Crippen LogP contribution < -0.4 is 5.32 Å². The fourth-order valence-electron chi connectivity index (χ4n) is 1.72. The number of nitrogens with one attached hydrogen (secondary N) is 1. The van der Waals surface area contributed by atoms with Gasteiger partial charge in [-0.1, -0.05) is 35.0 Å². The van der Waals surface area contributed by atoms with Gasteiger partial charge in [-0.2, -0.15) is 0 Å². The maximum absolute atomic E-state index is 10.7. The molecule has 0 bridgehead atoms. The van der Waals surface area contributed by atoms with E-state index in [0.29, 0.717) is 12.3 Å². The summed E-state index contributed by atoms with van der Waals surface area (Å²) in [7, 11) is 0. The van der Waals surface area contributed by atoms with E-state index in [-0.39, 0.29) is 11.7 Å². The summed E-state index contributed by atoms with van der Waals surface area (Å²) in [5, 5.41) is 15.5. The SMILES string of the molecule is Cc1ccc(C(C)NCc2cc(C(=O)O)no2)cc1. The van der Waals surface area contributed by atoms with E-state index in [9.17, 15) is 4.79 Å². The number of aryl methyl sites for hydroxylation is 1. The monoisotopic (exact) mass is 260 g/mol. The highest BCUT2D eigenvalue weighted by atomic mass is 16.5. The van der Waals surface area contributed by atoms with Gasteiger partial charge in [0.15, 0.2) is 11.5 Å². The molecule has 1 heterocycles. The van der Waals surface area contributed by atoms with Crippen LogP contribution in [-0.4, -0.2) is 16.2 Å². The van der Waals surface area contributed by atoms with E-state index >= 15 is 0 Å². The Kier molecular flexibility index (Phi) is 3.97. The normalized spacial score (nSPS) is 12.3. The van der Waals surface area contributed by atoms with Crippen molar-refractivity contribution in [2.24, 2.45) is 0 Å². The van der Waals surface area contributed by atoms with Crippen LogP contribution in [0.3, 0.4) is 0 Å². The summed E-state index contributed by atoms with van der Waals surface area (Å²) >= 11 is 0. The number of hydrogen-bond donors (Lipinski definition) is 2. The highest BCUT2D eigenvalue weighted by molar-refractivity contribution is 5.85. The summed E-state index contributed by atoms with van der Waals surface area (Å²) in [5.41, 5.74) is 2.32. The van der Waals surface area contributed by atoms with Crippen LogP contribution in [0.4, 0.5) is 0 Å². The van der Waals surface area contributed by atoms with Crippen LogP contribution in [0.15, 0.2) is 34.9 Å². The van der Waals surface area contributed by atoms with Crippen molar-refractivity contribution in [3.8, 4) is 0 Å². The molecule has 5 nitrogen and oxygen atoms in total. The third-order valence-corrected chi connectivity index (χ3v) is 2.94. The first-order valence-electron chi connectivity index (χ1n) is 6.05. The van der Waals surface area contributed by atoms with E-state index in [1.165, 1.54) is 17.2 Å². The van der Waals surface area contributed by atoms with Crippen LogP contribution in [0.25, 0.3) is 0 Å². The topological polar surface area (TPSA) is 75.4 Å². The Labute approximate surface area is 111 Å². The van der Waals surface area contributed by atoms with Gasteiger partial charge in [-0.25, -0.2) is 4.79 Å². The molecule has 1 unspecified atom stereocenters. The second-order valence-corrected chi connectivity index (χ2v) is 4.50. The predicted molar refractivity (Wildman–Crippen MR) is 69.9 cm³/mol. The molecule has 0 saturated carbocycles. The maximum Gasteiger partial charge on any atom is 0.358 e. The quantitative estimate of drug-likeness (QED) is 0.864. The number of carboxylic acid groups (broad SMARTS) is 1. The Balaban J connectivity index is 1.94. The Bertz CT molecular complexity index is 560. The lowest BCUT2D eigenvalue weighted by Crippen LogP contribution is -2.17. The molecule has 0 aliphatic rings. The largest absolute Gasteiger partial charge is 0.476 e. The van der Waals surface area contributed by atoms with Crippen LogP contribution in [0.2, 0.25) is 0 Å². The minimum Gasteiger partial charge on any atom is -0.476 e. The molecule has 0 fully saturated rings. The van der Waals surface area contributed by atoms with Crippen LogP contribution in [0.5, 0.6) is 0 Å². The number of carbonyl (C=O) groups is 1. The van der Waals surface area contributed by atoms with E-state index in [1.54, 1.807) is 0 Å². The number of aromatic carboxylic acids is 1. The zero-order chi connectivity index (χ0) is 13.8. The average molecular weight is 260 g/mol. The molecule has 1 aromatic carbocycles. The standard InChI is InChI=1S/C14H16N2O3/c1-9-3-5-11(6-4-9)10(2)15-8-12-7-13(14(17)18)16-19-12/h3-7,10,15H,8H2,1-2H3,(H,17,18). The van der Waals surface area contributed by atoms with Crippen molar-refractivity contribution in [3.63, 3.8) is 0 Å². The van der Waals surface area contributed by atoms with E-state index < -0.39 is 5.97 Å². The van der Waals surface area contributed by atoms with Crippen LogP contribution in [0.1, 0.15) is 40.3 Å². The number of benzene rings is 1. The van der Waals surface area contributed by atoms with Gasteiger partial charge >= 0.3 is 5.97 Å². The van der Waals surface area contributed by atoms with Crippen LogP contribution in [0, 0.1) is 6.92 Å². The van der Waals surface area contributed by atoms with Gasteiger partial charge in [0.05, 0.1) is 6.54 Å². The summed E-state index contributed by atoms with van der Waals surface area (Å²) in [4.78, 5) is 10.7. The van der Waals surface area contributed by atoms with Crippen molar-refractivity contribution in [1.29, 1.82) is 0 Å². The van der Waals surface area contributed by atoms with Gasteiger partial charge in [0.1, 0.15) is 0 Å². The zero-order valence-corrected chi connectivity index (χ0v) is 10.9. The lowest BCUT2D eigenvalue weighted by Gasteiger charge is -2.13. The Morgan fingerprint density at radius 3 is 2.68 bits per heavy atom. The second kappa shape index (κ2) is 5.67. The lowest BCUT2D eigenvalue weighted by atomic mass is 10.1. The van der Waals surface area contributed by atoms with Crippen molar-refractivity contribution < 1.29 is 14.4 Å².